The third-order valence-corrected chi connectivity index (χ3v) is 7.35. The normalized spacial score (nSPS) is 29.6. The fourth-order valence-electron chi connectivity index (χ4n) is 5.57. The van der Waals surface area contributed by atoms with Crippen LogP contribution < -0.4 is 0 Å². The number of β-amino-alcohol motifs (C(OH)–C–C–N with tert-alkyl or cyclic N) is 1. The van der Waals surface area contributed by atoms with E-state index in [1.165, 1.54) is 50.6 Å². The molecule has 156 valence electrons. The molecule has 0 aromatic heterocycles. The van der Waals surface area contributed by atoms with Gasteiger partial charge in [-0.2, -0.15) is 0 Å². The van der Waals surface area contributed by atoms with E-state index in [0.29, 0.717) is 6.04 Å². The van der Waals surface area contributed by atoms with Crippen molar-refractivity contribution in [3.05, 3.63) is 35.9 Å². The second-order valence-corrected chi connectivity index (χ2v) is 9.18. The monoisotopic (exact) mass is 385 g/mol. The van der Waals surface area contributed by atoms with Crippen molar-refractivity contribution in [2.75, 3.05) is 45.8 Å². The number of piperazine rings is 1. The molecule has 0 amide bonds. The number of piperidine rings is 1. The SMILES string of the molecule is O[C@@H]1CN(C2CCCCCC2)CC[C@H]1N1CCN(CCc2ccccc2)CC1. The highest BCUT2D eigenvalue weighted by atomic mass is 16.3. The molecule has 0 unspecified atom stereocenters. The van der Waals surface area contributed by atoms with Crippen molar-refractivity contribution in [3.8, 4) is 0 Å². The van der Waals surface area contributed by atoms with E-state index in [1.54, 1.807) is 0 Å². The van der Waals surface area contributed by atoms with Gasteiger partial charge in [-0.05, 0) is 31.2 Å². The smallest absolute Gasteiger partial charge is 0.0822 e. The van der Waals surface area contributed by atoms with Gasteiger partial charge in [-0.1, -0.05) is 56.0 Å². The molecule has 4 nitrogen and oxygen atoms in total. The van der Waals surface area contributed by atoms with Crippen LogP contribution in [0.5, 0.6) is 0 Å². The molecular formula is C24H39N3O. The molecule has 0 radical (unpaired) electrons. The van der Waals surface area contributed by atoms with Crippen molar-refractivity contribution in [1.82, 2.24) is 14.7 Å². The number of aliphatic hydroxyl groups is 1. The van der Waals surface area contributed by atoms with Crippen LogP contribution in [0, 0.1) is 0 Å². The van der Waals surface area contributed by atoms with Crippen LogP contribution in [0.3, 0.4) is 0 Å². The summed E-state index contributed by atoms with van der Waals surface area (Å²) in [4.78, 5) is 7.78. The zero-order valence-corrected chi connectivity index (χ0v) is 17.5. The summed E-state index contributed by atoms with van der Waals surface area (Å²) >= 11 is 0. The summed E-state index contributed by atoms with van der Waals surface area (Å²) < 4.78 is 0. The molecule has 2 atom stereocenters. The molecule has 0 bridgehead atoms. The summed E-state index contributed by atoms with van der Waals surface area (Å²) in [5.74, 6) is 0. The minimum Gasteiger partial charge on any atom is -0.390 e. The lowest BCUT2D eigenvalue weighted by molar-refractivity contribution is -0.0406. The van der Waals surface area contributed by atoms with E-state index in [0.717, 1.165) is 58.2 Å². The number of likely N-dealkylation sites (tertiary alicyclic amines) is 1. The van der Waals surface area contributed by atoms with Crippen molar-refractivity contribution in [3.63, 3.8) is 0 Å². The van der Waals surface area contributed by atoms with Gasteiger partial charge in [0.15, 0.2) is 0 Å². The van der Waals surface area contributed by atoms with Crippen molar-refractivity contribution in [2.24, 2.45) is 0 Å². The third kappa shape index (κ3) is 5.35. The molecule has 4 rings (SSSR count). The highest BCUT2D eigenvalue weighted by Gasteiger charge is 2.35. The second-order valence-electron chi connectivity index (χ2n) is 9.18. The third-order valence-electron chi connectivity index (χ3n) is 7.35. The predicted molar refractivity (Wildman–Crippen MR) is 116 cm³/mol. The largest absolute Gasteiger partial charge is 0.390 e. The quantitative estimate of drug-likeness (QED) is 0.789. The fourth-order valence-corrected chi connectivity index (χ4v) is 5.57. The lowest BCUT2D eigenvalue weighted by atomic mass is 9.96. The van der Waals surface area contributed by atoms with E-state index in [1.807, 2.05) is 0 Å². The molecule has 4 heteroatoms. The maximum absolute atomic E-state index is 10.9. The molecule has 3 fully saturated rings. The Kier molecular flexibility index (Phi) is 7.41. The Labute approximate surface area is 171 Å². The van der Waals surface area contributed by atoms with E-state index in [9.17, 15) is 5.11 Å². The number of nitrogens with zero attached hydrogens (tertiary/aromatic N) is 3. The van der Waals surface area contributed by atoms with Crippen LogP contribution in [0.1, 0.15) is 50.5 Å². The maximum atomic E-state index is 10.9. The van der Waals surface area contributed by atoms with Crippen LogP contribution in [0.4, 0.5) is 0 Å². The molecule has 1 aromatic carbocycles. The van der Waals surface area contributed by atoms with Gasteiger partial charge in [0.1, 0.15) is 0 Å². The first-order valence-electron chi connectivity index (χ1n) is 11.7. The van der Waals surface area contributed by atoms with Gasteiger partial charge in [0.25, 0.3) is 0 Å². The number of benzene rings is 1. The Morgan fingerprint density at radius 3 is 2.18 bits per heavy atom. The number of hydrogen-bond acceptors (Lipinski definition) is 4. The van der Waals surface area contributed by atoms with E-state index < -0.39 is 0 Å². The summed E-state index contributed by atoms with van der Waals surface area (Å²) in [6, 6.07) is 11.9. The van der Waals surface area contributed by atoms with Crippen molar-refractivity contribution >= 4 is 0 Å². The van der Waals surface area contributed by atoms with Gasteiger partial charge in [0.05, 0.1) is 6.10 Å². The molecule has 2 heterocycles. The van der Waals surface area contributed by atoms with Crippen molar-refractivity contribution < 1.29 is 5.11 Å². The first kappa shape index (κ1) is 20.3. The number of hydrogen-bond donors (Lipinski definition) is 1. The van der Waals surface area contributed by atoms with E-state index >= 15 is 0 Å². The van der Waals surface area contributed by atoms with Gasteiger partial charge in [0, 0.05) is 57.9 Å². The first-order valence-corrected chi connectivity index (χ1v) is 11.7. The minimum atomic E-state index is -0.173. The second kappa shape index (κ2) is 10.2. The minimum absolute atomic E-state index is 0.173. The van der Waals surface area contributed by atoms with Crippen LogP contribution >= 0.6 is 0 Å². The molecule has 0 spiro atoms. The van der Waals surface area contributed by atoms with Gasteiger partial charge in [-0.3, -0.25) is 9.80 Å². The van der Waals surface area contributed by atoms with Gasteiger partial charge < -0.3 is 10.0 Å². The fraction of sp³-hybridized carbons (Fsp3) is 0.750. The van der Waals surface area contributed by atoms with Gasteiger partial charge in [-0.25, -0.2) is 0 Å². The average molecular weight is 386 g/mol. The highest BCUT2D eigenvalue weighted by Crippen LogP contribution is 2.26. The van der Waals surface area contributed by atoms with Crippen LogP contribution in [0.2, 0.25) is 0 Å². The summed E-state index contributed by atoms with van der Waals surface area (Å²) in [5, 5.41) is 10.9. The summed E-state index contributed by atoms with van der Waals surface area (Å²) in [6.07, 6.45) is 10.4. The van der Waals surface area contributed by atoms with Crippen molar-refractivity contribution in [2.45, 2.75) is 69.6 Å². The van der Waals surface area contributed by atoms with Gasteiger partial charge in [-0.15, -0.1) is 0 Å². The zero-order chi connectivity index (χ0) is 19.2. The van der Waals surface area contributed by atoms with E-state index in [-0.39, 0.29) is 6.10 Å². The van der Waals surface area contributed by atoms with E-state index in [4.69, 9.17) is 0 Å². The molecule has 1 N–H and O–H groups in total. The summed E-state index contributed by atoms with van der Waals surface area (Å²) in [5.41, 5.74) is 1.44. The van der Waals surface area contributed by atoms with Crippen LogP contribution in [0.15, 0.2) is 30.3 Å². The molecule has 28 heavy (non-hydrogen) atoms. The van der Waals surface area contributed by atoms with Crippen LogP contribution in [-0.4, -0.2) is 83.8 Å². The Balaban J connectivity index is 1.20. The zero-order valence-electron chi connectivity index (χ0n) is 17.5. The highest BCUT2D eigenvalue weighted by molar-refractivity contribution is 5.14. The summed E-state index contributed by atoms with van der Waals surface area (Å²) in [6.45, 7) is 7.73. The first-order chi connectivity index (χ1) is 13.8. The molecule has 2 aliphatic heterocycles. The molecule has 2 saturated heterocycles. The molecule has 3 aliphatic rings. The number of aliphatic hydroxyl groups excluding tert-OH is 1. The van der Waals surface area contributed by atoms with Crippen molar-refractivity contribution in [1.29, 1.82) is 0 Å². The van der Waals surface area contributed by atoms with E-state index in [2.05, 4.69) is 45.0 Å². The standard InChI is InChI=1S/C24H39N3O/c28-24-20-27(22-10-6-1-2-7-11-22)15-13-23(24)26-18-16-25(17-19-26)14-12-21-8-4-3-5-9-21/h3-5,8-9,22-24,28H,1-2,6-7,10-20H2/t23-,24-/m1/s1. The lowest BCUT2D eigenvalue weighted by Crippen LogP contribution is -2.60. The lowest BCUT2D eigenvalue weighted by Gasteiger charge is -2.46. The summed E-state index contributed by atoms with van der Waals surface area (Å²) in [7, 11) is 0. The van der Waals surface area contributed by atoms with Crippen LogP contribution in [-0.2, 0) is 6.42 Å². The van der Waals surface area contributed by atoms with Gasteiger partial charge in [0.2, 0.25) is 0 Å². The van der Waals surface area contributed by atoms with Crippen LogP contribution in [0.25, 0.3) is 0 Å². The average Bonchev–Trinajstić information content (AvgIpc) is 3.03. The Bertz CT molecular complexity index is 564. The topological polar surface area (TPSA) is 30.0 Å². The Hall–Kier alpha value is -0.940. The molecule has 1 aromatic rings. The molecule has 1 saturated carbocycles. The Morgan fingerprint density at radius 2 is 1.50 bits per heavy atom. The molecule has 1 aliphatic carbocycles. The van der Waals surface area contributed by atoms with Gasteiger partial charge >= 0.3 is 0 Å². The Morgan fingerprint density at radius 1 is 0.786 bits per heavy atom. The predicted octanol–water partition coefficient (Wildman–Crippen LogP) is 3.00. The number of rotatable bonds is 5. The maximum Gasteiger partial charge on any atom is 0.0822 e. The molecular weight excluding hydrogens is 346 g/mol.